The smallest absolute Gasteiger partial charge is 0.241 e. The number of rotatable bonds is 4. The Labute approximate surface area is 154 Å². The Kier molecular flexibility index (Phi) is 5.02. The first-order valence-corrected chi connectivity index (χ1v) is 9.20. The van der Waals surface area contributed by atoms with Gasteiger partial charge in [-0.15, -0.1) is 0 Å². The lowest BCUT2D eigenvalue weighted by Gasteiger charge is -2.36. The summed E-state index contributed by atoms with van der Waals surface area (Å²) in [7, 11) is 3.43. The van der Waals surface area contributed by atoms with Crippen LogP contribution >= 0.6 is 0 Å². The number of anilines is 2. The molecule has 2 atom stereocenters. The topological polar surface area (TPSA) is 95.7 Å². The molecule has 0 aliphatic carbocycles. The summed E-state index contributed by atoms with van der Waals surface area (Å²) in [6, 6.07) is 0.0193. The van der Waals surface area contributed by atoms with Crippen LogP contribution in [0.1, 0.15) is 31.0 Å². The van der Waals surface area contributed by atoms with E-state index in [1.165, 1.54) is 4.90 Å². The summed E-state index contributed by atoms with van der Waals surface area (Å²) >= 11 is 0. The highest BCUT2D eigenvalue weighted by Gasteiger charge is 2.42. The van der Waals surface area contributed by atoms with Crippen LogP contribution in [0.15, 0.2) is 0 Å². The summed E-state index contributed by atoms with van der Waals surface area (Å²) in [5.74, 6) is 1.01. The largest absolute Gasteiger partial charge is 0.368 e. The fourth-order valence-corrected chi connectivity index (χ4v) is 3.93. The van der Waals surface area contributed by atoms with Gasteiger partial charge in [-0.3, -0.25) is 9.59 Å². The van der Waals surface area contributed by atoms with E-state index in [2.05, 4.69) is 14.9 Å². The standard InChI is InChI=1S/C18H28N6O2/c1-5-14-11(2)16(21-18(19)20-14)23-8-12-6-7-13(9-23)24(17(12)26)10-15(25)22(3)4/h12-13H,5-10H2,1-4H3,(H2,19,20,21)/t12-,13+/m0/s1. The predicted molar refractivity (Wildman–Crippen MR) is 99.7 cm³/mol. The van der Waals surface area contributed by atoms with Crippen molar-refractivity contribution in [1.29, 1.82) is 0 Å². The fraction of sp³-hybridized carbons (Fsp3) is 0.667. The number of fused-ring (bicyclic) bond motifs is 4. The third-order valence-electron chi connectivity index (χ3n) is 5.47. The molecule has 3 saturated heterocycles. The van der Waals surface area contributed by atoms with Gasteiger partial charge in [0.25, 0.3) is 0 Å². The molecule has 8 nitrogen and oxygen atoms in total. The van der Waals surface area contributed by atoms with E-state index in [-0.39, 0.29) is 36.3 Å². The van der Waals surface area contributed by atoms with Crippen molar-refractivity contribution in [3.05, 3.63) is 11.3 Å². The van der Waals surface area contributed by atoms with Crippen LogP contribution in [-0.2, 0) is 16.0 Å². The van der Waals surface area contributed by atoms with Crippen molar-refractivity contribution in [3.8, 4) is 0 Å². The molecule has 3 fully saturated rings. The lowest BCUT2D eigenvalue weighted by molar-refractivity contribution is -0.145. The average molecular weight is 360 g/mol. The normalized spacial score (nSPS) is 22.5. The van der Waals surface area contributed by atoms with Crippen molar-refractivity contribution in [2.24, 2.45) is 5.92 Å². The van der Waals surface area contributed by atoms with Crippen molar-refractivity contribution in [2.75, 3.05) is 44.4 Å². The molecule has 0 unspecified atom stereocenters. The molecule has 8 heteroatoms. The summed E-state index contributed by atoms with van der Waals surface area (Å²) in [5, 5.41) is 0. The van der Waals surface area contributed by atoms with Crippen LogP contribution in [0.2, 0.25) is 0 Å². The molecule has 4 heterocycles. The van der Waals surface area contributed by atoms with Gasteiger partial charge in [0.2, 0.25) is 17.8 Å². The number of hydrogen-bond donors (Lipinski definition) is 1. The van der Waals surface area contributed by atoms with Gasteiger partial charge in [-0.25, -0.2) is 4.98 Å². The number of nitrogens with zero attached hydrogens (tertiary/aromatic N) is 5. The van der Waals surface area contributed by atoms with Gasteiger partial charge in [-0.1, -0.05) is 6.92 Å². The summed E-state index contributed by atoms with van der Waals surface area (Å²) in [4.78, 5) is 39.3. The number of nitrogens with two attached hydrogens (primary N) is 1. The van der Waals surface area contributed by atoms with Gasteiger partial charge in [0, 0.05) is 38.8 Å². The lowest BCUT2D eigenvalue weighted by Crippen LogP contribution is -2.51. The van der Waals surface area contributed by atoms with Crippen LogP contribution in [0, 0.1) is 12.8 Å². The summed E-state index contributed by atoms with van der Waals surface area (Å²) < 4.78 is 0. The van der Waals surface area contributed by atoms with Gasteiger partial charge in [0.15, 0.2) is 0 Å². The van der Waals surface area contributed by atoms with Crippen LogP contribution in [0.5, 0.6) is 0 Å². The Morgan fingerprint density at radius 1 is 1.27 bits per heavy atom. The molecule has 2 amide bonds. The van der Waals surface area contributed by atoms with Crippen molar-refractivity contribution < 1.29 is 9.59 Å². The lowest BCUT2D eigenvalue weighted by atomic mass is 9.94. The molecule has 26 heavy (non-hydrogen) atoms. The van der Waals surface area contributed by atoms with E-state index in [1.54, 1.807) is 19.0 Å². The van der Waals surface area contributed by atoms with Gasteiger partial charge in [0.05, 0.1) is 11.6 Å². The van der Waals surface area contributed by atoms with Gasteiger partial charge < -0.3 is 20.4 Å². The molecule has 0 saturated carbocycles. The Morgan fingerprint density at radius 3 is 2.65 bits per heavy atom. The number of aromatic nitrogens is 2. The van der Waals surface area contributed by atoms with Gasteiger partial charge >= 0.3 is 0 Å². The number of carbonyl (C=O) groups excluding carboxylic acids is 2. The Bertz CT molecular complexity index is 720. The van der Waals surface area contributed by atoms with Gasteiger partial charge in [0.1, 0.15) is 12.4 Å². The molecule has 0 spiro atoms. The monoisotopic (exact) mass is 360 g/mol. The van der Waals surface area contributed by atoms with E-state index in [0.29, 0.717) is 13.1 Å². The predicted octanol–water partition coefficient (Wildman–Crippen LogP) is 0.445. The number of piperidine rings is 1. The molecule has 1 aromatic rings. The van der Waals surface area contributed by atoms with Gasteiger partial charge in [-0.05, 0) is 26.2 Å². The Balaban J connectivity index is 1.90. The number of carbonyl (C=O) groups is 2. The quantitative estimate of drug-likeness (QED) is 0.837. The first kappa shape index (κ1) is 18.4. The molecule has 3 aliphatic rings. The van der Waals surface area contributed by atoms with Crippen molar-refractivity contribution in [2.45, 2.75) is 39.2 Å². The molecule has 1 aromatic heterocycles. The summed E-state index contributed by atoms with van der Waals surface area (Å²) in [6.45, 7) is 5.48. The molecular weight excluding hydrogens is 332 g/mol. The van der Waals surface area contributed by atoms with E-state index in [0.717, 1.165) is 36.3 Å². The van der Waals surface area contributed by atoms with Crippen LogP contribution in [0.25, 0.3) is 0 Å². The average Bonchev–Trinajstić information content (AvgIpc) is 2.89. The molecule has 0 aromatic carbocycles. The number of likely N-dealkylation sites (N-methyl/N-ethyl adjacent to an activating group) is 1. The minimum absolute atomic E-state index is 0.0193. The molecule has 4 rings (SSSR count). The third kappa shape index (κ3) is 3.32. The zero-order valence-electron chi connectivity index (χ0n) is 16.0. The first-order chi connectivity index (χ1) is 12.3. The van der Waals surface area contributed by atoms with Crippen LogP contribution in [-0.4, -0.2) is 71.4 Å². The van der Waals surface area contributed by atoms with E-state index in [1.807, 2.05) is 13.8 Å². The molecule has 3 aliphatic heterocycles. The maximum absolute atomic E-state index is 12.9. The third-order valence-corrected chi connectivity index (χ3v) is 5.47. The SMILES string of the molecule is CCc1nc(N)nc(N2C[C@@H]3CC[C@H](C2)N(CC(=O)N(C)C)C3=O)c1C. The maximum Gasteiger partial charge on any atom is 0.241 e. The number of amides is 2. The molecule has 142 valence electrons. The summed E-state index contributed by atoms with van der Waals surface area (Å²) in [5.41, 5.74) is 7.87. The second kappa shape index (κ2) is 7.09. The molecular formula is C18H28N6O2. The number of aryl methyl sites for hydroxylation is 1. The summed E-state index contributed by atoms with van der Waals surface area (Å²) in [6.07, 6.45) is 2.55. The zero-order chi connectivity index (χ0) is 19.0. The second-order valence-corrected chi connectivity index (χ2v) is 7.42. The highest BCUT2D eigenvalue weighted by Crippen LogP contribution is 2.33. The van der Waals surface area contributed by atoms with E-state index < -0.39 is 0 Å². The number of hydrogen-bond acceptors (Lipinski definition) is 6. The van der Waals surface area contributed by atoms with Crippen LogP contribution in [0.3, 0.4) is 0 Å². The minimum Gasteiger partial charge on any atom is -0.368 e. The fourth-order valence-electron chi connectivity index (χ4n) is 3.93. The molecule has 2 bridgehead atoms. The second-order valence-electron chi connectivity index (χ2n) is 7.42. The van der Waals surface area contributed by atoms with Crippen molar-refractivity contribution in [3.63, 3.8) is 0 Å². The molecule has 2 N–H and O–H groups in total. The van der Waals surface area contributed by atoms with E-state index in [9.17, 15) is 9.59 Å². The van der Waals surface area contributed by atoms with Gasteiger partial charge in [-0.2, -0.15) is 4.98 Å². The highest BCUT2D eigenvalue weighted by molar-refractivity contribution is 5.87. The molecule has 0 radical (unpaired) electrons. The van der Waals surface area contributed by atoms with Crippen LogP contribution in [0.4, 0.5) is 11.8 Å². The Hall–Kier alpha value is -2.38. The van der Waals surface area contributed by atoms with Crippen molar-refractivity contribution in [1.82, 2.24) is 19.8 Å². The first-order valence-electron chi connectivity index (χ1n) is 9.20. The number of nitrogen functional groups attached to an aromatic ring is 1. The van der Waals surface area contributed by atoms with Crippen LogP contribution < -0.4 is 10.6 Å². The van der Waals surface area contributed by atoms with Crippen molar-refractivity contribution >= 4 is 23.6 Å². The zero-order valence-corrected chi connectivity index (χ0v) is 16.0. The maximum atomic E-state index is 12.9. The minimum atomic E-state index is -0.107. The Morgan fingerprint density at radius 2 is 2.00 bits per heavy atom. The van der Waals surface area contributed by atoms with E-state index >= 15 is 0 Å². The van der Waals surface area contributed by atoms with E-state index in [4.69, 9.17) is 5.73 Å². The highest BCUT2D eigenvalue weighted by atomic mass is 16.2.